The van der Waals surface area contributed by atoms with Crippen LogP contribution < -0.4 is 10.5 Å². The predicted molar refractivity (Wildman–Crippen MR) is 54.2 cm³/mol. The molecule has 0 aliphatic heterocycles. The molecule has 0 aromatic carbocycles. The van der Waals surface area contributed by atoms with Gasteiger partial charge in [-0.05, 0) is 15.9 Å². The lowest BCUT2D eigenvalue weighted by molar-refractivity contribution is 0.0592. The number of hydrogen-bond acceptors (Lipinski definition) is 5. The zero-order valence-corrected chi connectivity index (χ0v) is 9.29. The monoisotopic (exact) mass is 260 g/mol. The van der Waals surface area contributed by atoms with Crippen LogP contribution in [0.25, 0.3) is 0 Å². The molecule has 0 atom stereocenters. The van der Waals surface area contributed by atoms with E-state index in [2.05, 4.69) is 25.7 Å². The van der Waals surface area contributed by atoms with Gasteiger partial charge in [0.1, 0.15) is 0 Å². The number of anilines is 1. The number of rotatable bonds is 2. The quantitative estimate of drug-likeness (QED) is 0.810. The average Bonchev–Trinajstić information content (AvgIpc) is 2.20. The highest BCUT2D eigenvalue weighted by Gasteiger charge is 2.16. The zero-order chi connectivity index (χ0) is 10.7. The lowest BCUT2D eigenvalue weighted by atomic mass is 10.3. The number of carbonyl (C=O) groups excluding carboxylic acids is 1. The largest absolute Gasteiger partial charge is 0.481 e. The summed E-state index contributed by atoms with van der Waals surface area (Å²) in [5.41, 5.74) is 6.09. The first-order valence-electron chi connectivity index (χ1n) is 3.68. The summed E-state index contributed by atoms with van der Waals surface area (Å²) in [6.45, 7) is 0. The number of ether oxygens (including phenoxy) is 2. The van der Waals surface area contributed by atoms with Gasteiger partial charge in [-0.25, -0.2) is 9.78 Å². The van der Waals surface area contributed by atoms with Gasteiger partial charge in [0.05, 0.1) is 24.4 Å². The van der Waals surface area contributed by atoms with Crippen molar-refractivity contribution in [2.45, 2.75) is 0 Å². The second kappa shape index (κ2) is 4.28. The molecule has 0 fully saturated rings. The number of halogens is 1. The molecule has 1 rings (SSSR count). The fourth-order valence-corrected chi connectivity index (χ4v) is 1.23. The van der Waals surface area contributed by atoms with Crippen LogP contribution in [-0.4, -0.2) is 25.2 Å². The van der Waals surface area contributed by atoms with Crippen LogP contribution in [0.1, 0.15) is 10.5 Å². The van der Waals surface area contributed by atoms with E-state index in [1.54, 1.807) is 0 Å². The maximum Gasteiger partial charge on any atom is 0.358 e. The molecule has 0 aliphatic rings. The van der Waals surface area contributed by atoms with Crippen molar-refractivity contribution in [3.63, 3.8) is 0 Å². The van der Waals surface area contributed by atoms with Gasteiger partial charge < -0.3 is 15.2 Å². The fourth-order valence-electron chi connectivity index (χ4n) is 0.861. The summed E-state index contributed by atoms with van der Waals surface area (Å²) >= 11 is 3.14. The minimum absolute atomic E-state index is 0.101. The van der Waals surface area contributed by atoms with Crippen LogP contribution in [0.2, 0.25) is 0 Å². The number of esters is 1. The van der Waals surface area contributed by atoms with Gasteiger partial charge in [-0.1, -0.05) is 0 Å². The van der Waals surface area contributed by atoms with E-state index in [1.165, 1.54) is 20.3 Å². The molecule has 0 saturated carbocycles. The van der Waals surface area contributed by atoms with Crippen LogP contribution in [0, 0.1) is 0 Å². The van der Waals surface area contributed by atoms with Crippen LogP contribution in [-0.2, 0) is 4.74 Å². The molecule has 6 heteroatoms. The SMILES string of the molecule is COC(=O)c1nc(OC)cc(N)c1Br. The Kier molecular flexibility index (Phi) is 3.29. The Hall–Kier alpha value is -1.30. The van der Waals surface area contributed by atoms with E-state index >= 15 is 0 Å². The minimum Gasteiger partial charge on any atom is -0.481 e. The number of nitrogens with two attached hydrogens (primary N) is 1. The fraction of sp³-hybridized carbons (Fsp3) is 0.250. The Morgan fingerprint density at radius 3 is 2.71 bits per heavy atom. The van der Waals surface area contributed by atoms with Crippen molar-refractivity contribution in [1.29, 1.82) is 0 Å². The van der Waals surface area contributed by atoms with E-state index in [9.17, 15) is 4.79 Å². The Bertz CT molecular complexity index is 368. The van der Waals surface area contributed by atoms with Crippen molar-refractivity contribution in [3.8, 4) is 5.88 Å². The number of aromatic nitrogens is 1. The molecule has 76 valence electrons. The van der Waals surface area contributed by atoms with Crippen molar-refractivity contribution in [1.82, 2.24) is 4.98 Å². The van der Waals surface area contributed by atoms with E-state index in [0.29, 0.717) is 10.2 Å². The van der Waals surface area contributed by atoms with Gasteiger partial charge in [0.15, 0.2) is 5.69 Å². The number of nitrogen functional groups attached to an aromatic ring is 1. The molecule has 0 spiro atoms. The Morgan fingerprint density at radius 1 is 1.57 bits per heavy atom. The van der Waals surface area contributed by atoms with Gasteiger partial charge in [0.25, 0.3) is 0 Å². The van der Waals surface area contributed by atoms with E-state index < -0.39 is 5.97 Å². The first-order chi connectivity index (χ1) is 6.60. The highest BCUT2D eigenvalue weighted by Crippen LogP contribution is 2.26. The Balaban J connectivity index is 3.27. The van der Waals surface area contributed by atoms with E-state index in [-0.39, 0.29) is 11.6 Å². The van der Waals surface area contributed by atoms with Crippen molar-refractivity contribution >= 4 is 27.6 Å². The van der Waals surface area contributed by atoms with Gasteiger partial charge in [0, 0.05) is 6.07 Å². The molecule has 0 aliphatic carbocycles. The number of carbonyl (C=O) groups is 1. The summed E-state index contributed by atoms with van der Waals surface area (Å²) in [4.78, 5) is 15.1. The van der Waals surface area contributed by atoms with E-state index in [4.69, 9.17) is 10.5 Å². The van der Waals surface area contributed by atoms with Gasteiger partial charge in [-0.15, -0.1) is 0 Å². The second-order valence-corrected chi connectivity index (χ2v) is 3.20. The standard InChI is InChI=1S/C8H9BrN2O3/c1-13-5-3-4(10)6(9)7(11-5)8(12)14-2/h3H,1-2H3,(H2,10,11). The van der Waals surface area contributed by atoms with E-state index in [0.717, 1.165) is 0 Å². The smallest absolute Gasteiger partial charge is 0.358 e. The maximum absolute atomic E-state index is 11.2. The normalized spacial score (nSPS) is 9.64. The summed E-state index contributed by atoms with van der Waals surface area (Å²) in [7, 11) is 2.71. The predicted octanol–water partition coefficient (Wildman–Crippen LogP) is 1.22. The summed E-state index contributed by atoms with van der Waals surface area (Å²) < 4.78 is 9.80. The molecule has 0 unspecified atom stereocenters. The molecule has 0 amide bonds. The van der Waals surface area contributed by atoms with Crippen molar-refractivity contribution in [3.05, 3.63) is 16.2 Å². The lowest BCUT2D eigenvalue weighted by Crippen LogP contribution is -2.08. The highest BCUT2D eigenvalue weighted by atomic mass is 79.9. The average molecular weight is 261 g/mol. The summed E-state index contributed by atoms with van der Waals surface area (Å²) in [6, 6.07) is 1.51. The maximum atomic E-state index is 11.2. The van der Waals surface area contributed by atoms with Gasteiger partial charge in [-0.3, -0.25) is 0 Å². The van der Waals surface area contributed by atoms with Crippen molar-refractivity contribution in [2.24, 2.45) is 0 Å². The number of pyridine rings is 1. The van der Waals surface area contributed by atoms with Crippen LogP contribution in [0.15, 0.2) is 10.5 Å². The van der Waals surface area contributed by atoms with E-state index in [1.807, 2.05) is 0 Å². The third-order valence-electron chi connectivity index (χ3n) is 1.55. The van der Waals surface area contributed by atoms with Gasteiger partial charge in [-0.2, -0.15) is 0 Å². The highest BCUT2D eigenvalue weighted by molar-refractivity contribution is 9.10. The molecule has 2 N–H and O–H groups in total. The molecule has 14 heavy (non-hydrogen) atoms. The van der Waals surface area contributed by atoms with Crippen molar-refractivity contribution < 1.29 is 14.3 Å². The molecule has 0 saturated heterocycles. The summed E-state index contributed by atoms with van der Waals surface area (Å²) in [5, 5.41) is 0. The molecular formula is C8H9BrN2O3. The third kappa shape index (κ3) is 1.95. The molecule has 1 aromatic rings. The molecule has 0 radical (unpaired) electrons. The van der Waals surface area contributed by atoms with Gasteiger partial charge >= 0.3 is 5.97 Å². The molecule has 0 bridgehead atoms. The number of methoxy groups -OCH3 is 2. The molecular weight excluding hydrogens is 252 g/mol. The first kappa shape index (κ1) is 10.8. The van der Waals surface area contributed by atoms with Crippen LogP contribution >= 0.6 is 15.9 Å². The Labute approximate surface area is 89.3 Å². The first-order valence-corrected chi connectivity index (χ1v) is 4.47. The van der Waals surface area contributed by atoms with Crippen LogP contribution in [0.3, 0.4) is 0 Å². The second-order valence-electron chi connectivity index (χ2n) is 2.41. The topological polar surface area (TPSA) is 74.4 Å². The Morgan fingerprint density at radius 2 is 2.21 bits per heavy atom. The zero-order valence-electron chi connectivity index (χ0n) is 7.70. The third-order valence-corrected chi connectivity index (χ3v) is 2.38. The number of nitrogens with zero attached hydrogens (tertiary/aromatic N) is 1. The number of hydrogen-bond donors (Lipinski definition) is 1. The molecule has 5 nitrogen and oxygen atoms in total. The van der Waals surface area contributed by atoms with Crippen LogP contribution in [0.5, 0.6) is 5.88 Å². The molecule has 1 aromatic heterocycles. The van der Waals surface area contributed by atoms with Gasteiger partial charge in [0.2, 0.25) is 5.88 Å². The van der Waals surface area contributed by atoms with Crippen molar-refractivity contribution in [2.75, 3.05) is 20.0 Å². The summed E-state index contributed by atoms with van der Waals surface area (Å²) in [5.74, 6) is -0.298. The lowest BCUT2D eigenvalue weighted by Gasteiger charge is -2.06. The van der Waals surface area contributed by atoms with Crippen LogP contribution in [0.4, 0.5) is 5.69 Å². The summed E-state index contributed by atoms with van der Waals surface area (Å²) in [6.07, 6.45) is 0. The molecule has 1 heterocycles. The minimum atomic E-state index is -0.567.